The lowest BCUT2D eigenvalue weighted by molar-refractivity contribution is 0.0458. The van der Waals surface area contributed by atoms with Crippen molar-refractivity contribution < 1.29 is 19.0 Å². The number of carbonyl (C=O) groups is 1. The average molecular weight is 381 g/mol. The van der Waals surface area contributed by atoms with E-state index < -0.39 is 5.97 Å². The molecule has 0 fully saturated rings. The molecule has 9 nitrogen and oxygen atoms in total. The predicted octanol–water partition coefficient (Wildman–Crippen LogP) is 2.57. The minimum Gasteiger partial charge on any atom is -0.493 e. The summed E-state index contributed by atoms with van der Waals surface area (Å²) in [7, 11) is 2.94. The molecule has 144 valence electrons. The molecule has 0 saturated carbocycles. The highest BCUT2D eigenvalue weighted by Crippen LogP contribution is 2.31. The van der Waals surface area contributed by atoms with E-state index in [0.717, 1.165) is 5.69 Å². The Kier molecular flexibility index (Phi) is 5.85. The Bertz CT molecular complexity index is 966. The van der Waals surface area contributed by atoms with E-state index in [0.29, 0.717) is 5.75 Å². The molecule has 1 aromatic heterocycles. The topological polar surface area (TPSA) is 121 Å². The fourth-order valence-corrected chi connectivity index (χ4v) is 2.46. The van der Waals surface area contributed by atoms with Gasteiger partial charge in [0.1, 0.15) is 5.56 Å². The zero-order valence-corrected chi connectivity index (χ0v) is 15.4. The van der Waals surface area contributed by atoms with Crippen molar-refractivity contribution in [3.63, 3.8) is 0 Å². The van der Waals surface area contributed by atoms with Gasteiger partial charge in [-0.2, -0.15) is 15.0 Å². The van der Waals surface area contributed by atoms with Crippen LogP contribution in [0.1, 0.15) is 16.2 Å². The number of esters is 1. The second-order valence-electron chi connectivity index (χ2n) is 5.54. The first kappa shape index (κ1) is 18.9. The van der Waals surface area contributed by atoms with Crippen molar-refractivity contribution in [2.75, 3.05) is 25.3 Å². The number of hydrogen-bond acceptors (Lipinski definition) is 9. The average Bonchev–Trinajstić information content (AvgIpc) is 2.71. The molecule has 0 saturated heterocycles. The summed E-state index contributed by atoms with van der Waals surface area (Å²) in [6.45, 7) is -0.185. The van der Waals surface area contributed by atoms with Crippen molar-refractivity contribution in [1.82, 2.24) is 15.0 Å². The molecular weight excluding hydrogens is 362 g/mol. The minimum atomic E-state index is -0.604. The third-order valence-corrected chi connectivity index (χ3v) is 3.68. The molecule has 3 rings (SSSR count). The van der Waals surface area contributed by atoms with E-state index in [2.05, 4.69) is 20.3 Å². The number of nitrogens with zero attached hydrogens (tertiary/aromatic N) is 3. The van der Waals surface area contributed by atoms with Crippen LogP contribution in [0.25, 0.3) is 0 Å². The number of carbonyl (C=O) groups excluding carboxylic acids is 1. The lowest BCUT2D eigenvalue weighted by Gasteiger charge is -2.12. The fourth-order valence-electron chi connectivity index (χ4n) is 2.46. The van der Waals surface area contributed by atoms with E-state index >= 15 is 0 Å². The smallest absolute Gasteiger partial charge is 0.342 e. The highest BCUT2D eigenvalue weighted by atomic mass is 16.5. The monoisotopic (exact) mass is 381 g/mol. The Morgan fingerprint density at radius 1 is 1.00 bits per heavy atom. The summed E-state index contributed by atoms with van der Waals surface area (Å²) in [4.78, 5) is 24.7. The van der Waals surface area contributed by atoms with E-state index in [-0.39, 0.29) is 35.6 Å². The molecule has 0 unspecified atom stereocenters. The Labute approximate surface area is 161 Å². The van der Waals surface area contributed by atoms with Gasteiger partial charge in [0, 0.05) is 5.69 Å². The molecule has 3 aromatic rings. The van der Waals surface area contributed by atoms with Gasteiger partial charge in [0.2, 0.25) is 11.9 Å². The fraction of sp³-hybridized carbons (Fsp3) is 0.158. The van der Waals surface area contributed by atoms with Crippen molar-refractivity contribution >= 4 is 23.6 Å². The second kappa shape index (κ2) is 8.67. The molecule has 1 heterocycles. The summed E-state index contributed by atoms with van der Waals surface area (Å²) >= 11 is 0. The summed E-state index contributed by atoms with van der Waals surface area (Å²) in [5, 5.41) is 3.02. The van der Waals surface area contributed by atoms with Crippen LogP contribution in [0, 0.1) is 0 Å². The molecule has 0 aliphatic carbocycles. The number of nitrogens with one attached hydrogen (secondary N) is 1. The third-order valence-electron chi connectivity index (χ3n) is 3.68. The molecule has 0 aliphatic rings. The van der Waals surface area contributed by atoms with Crippen molar-refractivity contribution in [1.29, 1.82) is 0 Å². The summed E-state index contributed by atoms with van der Waals surface area (Å²) in [6, 6.07) is 14.3. The number of methoxy groups -OCH3 is 2. The Hall–Kier alpha value is -3.88. The first-order chi connectivity index (χ1) is 13.6. The summed E-state index contributed by atoms with van der Waals surface area (Å²) in [6.07, 6.45) is 0. The largest absolute Gasteiger partial charge is 0.493 e. The SMILES string of the molecule is COc1cccc(C(=O)OCc2nc(N)nc(Nc3ccccc3)n2)c1OC. The van der Waals surface area contributed by atoms with Crippen LogP contribution in [0.3, 0.4) is 0 Å². The van der Waals surface area contributed by atoms with Crippen LogP contribution in [0.4, 0.5) is 17.6 Å². The quantitative estimate of drug-likeness (QED) is 0.595. The van der Waals surface area contributed by atoms with Gasteiger partial charge in [-0.3, -0.25) is 0 Å². The van der Waals surface area contributed by atoms with Crippen LogP contribution >= 0.6 is 0 Å². The number of benzene rings is 2. The molecule has 0 radical (unpaired) electrons. The maximum atomic E-state index is 12.5. The normalized spacial score (nSPS) is 10.2. The van der Waals surface area contributed by atoms with E-state index in [1.165, 1.54) is 14.2 Å². The molecule has 0 atom stereocenters. The lowest BCUT2D eigenvalue weighted by atomic mass is 10.2. The molecule has 2 aromatic carbocycles. The van der Waals surface area contributed by atoms with Crippen molar-refractivity contribution in [3.05, 3.63) is 59.9 Å². The van der Waals surface area contributed by atoms with Gasteiger partial charge >= 0.3 is 5.97 Å². The molecule has 9 heteroatoms. The van der Waals surface area contributed by atoms with Crippen molar-refractivity contribution in [2.24, 2.45) is 0 Å². The maximum absolute atomic E-state index is 12.5. The highest BCUT2D eigenvalue weighted by molar-refractivity contribution is 5.93. The minimum absolute atomic E-state index is 0.0124. The molecule has 0 amide bonds. The number of aromatic nitrogens is 3. The first-order valence-electron chi connectivity index (χ1n) is 8.31. The lowest BCUT2D eigenvalue weighted by Crippen LogP contribution is -2.12. The van der Waals surface area contributed by atoms with Crippen LogP contribution in [0.5, 0.6) is 11.5 Å². The number of anilines is 3. The van der Waals surface area contributed by atoms with Gasteiger partial charge in [-0.1, -0.05) is 24.3 Å². The van der Waals surface area contributed by atoms with E-state index in [1.807, 2.05) is 30.3 Å². The van der Waals surface area contributed by atoms with E-state index in [9.17, 15) is 4.79 Å². The predicted molar refractivity (Wildman–Crippen MR) is 103 cm³/mol. The number of para-hydroxylation sites is 2. The van der Waals surface area contributed by atoms with Gasteiger partial charge in [-0.25, -0.2) is 4.79 Å². The molecule has 3 N–H and O–H groups in total. The second-order valence-corrected chi connectivity index (χ2v) is 5.54. The molecule has 0 bridgehead atoms. The van der Waals surface area contributed by atoms with Gasteiger partial charge in [0.25, 0.3) is 0 Å². The number of hydrogen-bond donors (Lipinski definition) is 2. The molecule has 0 spiro atoms. The van der Waals surface area contributed by atoms with Crippen LogP contribution in [-0.2, 0) is 11.3 Å². The van der Waals surface area contributed by atoms with Gasteiger partial charge in [0.05, 0.1) is 14.2 Å². The Balaban J connectivity index is 1.73. The van der Waals surface area contributed by atoms with E-state index in [4.69, 9.17) is 19.9 Å². The van der Waals surface area contributed by atoms with Crippen LogP contribution < -0.4 is 20.5 Å². The number of rotatable bonds is 7. The third kappa shape index (κ3) is 4.44. The molecule has 0 aliphatic heterocycles. The van der Waals surface area contributed by atoms with Crippen molar-refractivity contribution in [2.45, 2.75) is 6.61 Å². The van der Waals surface area contributed by atoms with Gasteiger partial charge in [-0.15, -0.1) is 0 Å². The standard InChI is InChI=1S/C19H19N5O4/c1-26-14-10-6-9-13(16(14)27-2)17(25)28-11-15-22-18(20)24-19(23-15)21-12-7-4-3-5-8-12/h3-10H,11H2,1-2H3,(H3,20,21,22,23,24). The van der Waals surface area contributed by atoms with Gasteiger partial charge in [-0.05, 0) is 24.3 Å². The molecule has 28 heavy (non-hydrogen) atoms. The van der Waals surface area contributed by atoms with Crippen LogP contribution in [-0.4, -0.2) is 35.1 Å². The summed E-state index contributed by atoms with van der Waals surface area (Å²) in [5.41, 5.74) is 6.75. The maximum Gasteiger partial charge on any atom is 0.342 e. The number of nitrogens with two attached hydrogens (primary N) is 1. The van der Waals surface area contributed by atoms with Crippen LogP contribution in [0.2, 0.25) is 0 Å². The van der Waals surface area contributed by atoms with E-state index in [1.54, 1.807) is 18.2 Å². The summed E-state index contributed by atoms with van der Waals surface area (Å²) in [5.74, 6) is 0.586. The van der Waals surface area contributed by atoms with Crippen molar-refractivity contribution in [3.8, 4) is 11.5 Å². The number of nitrogen functional groups attached to an aromatic ring is 1. The van der Waals surface area contributed by atoms with Gasteiger partial charge < -0.3 is 25.3 Å². The Morgan fingerprint density at radius 3 is 2.50 bits per heavy atom. The van der Waals surface area contributed by atoms with Crippen LogP contribution in [0.15, 0.2) is 48.5 Å². The highest BCUT2D eigenvalue weighted by Gasteiger charge is 2.18. The Morgan fingerprint density at radius 2 is 1.79 bits per heavy atom. The number of ether oxygens (including phenoxy) is 3. The zero-order chi connectivity index (χ0) is 19.9. The first-order valence-corrected chi connectivity index (χ1v) is 8.31. The zero-order valence-electron chi connectivity index (χ0n) is 15.4. The van der Waals surface area contributed by atoms with Gasteiger partial charge in [0.15, 0.2) is 23.9 Å². The molecular formula is C19H19N5O4. The summed E-state index contributed by atoms with van der Waals surface area (Å²) < 4.78 is 15.7.